The molecule has 1 aliphatic heterocycles. The molecule has 1 amide bonds. The average Bonchev–Trinajstić information content (AvgIpc) is 2.59. The van der Waals surface area contributed by atoms with Crippen LogP contribution in [0.1, 0.15) is 44.4 Å². The SMILES string of the molecule is C/C(=N/NC(=O)[C@]1(C)[NH2+]C(C)(C)Cc2ccccc21)c1ccccc1. The zero-order chi connectivity index (χ0) is 18.1. The number of carbonyl (C=O) groups is 1. The summed E-state index contributed by atoms with van der Waals surface area (Å²) in [5.74, 6) is -0.0944. The average molecular weight is 336 g/mol. The van der Waals surface area contributed by atoms with Crippen molar-refractivity contribution < 1.29 is 10.1 Å². The maximum Gasteiger partial charge on any atom is 0.305 e. The third kappa shape index (κ3) is 3.49. The standard InChI is InChI=1S/C21H25N3O/c1-15(16-10-6-5-7-11-16)22-23-19(25)21(4)18-13-9-8-12-17(18)14-20(2,3)24-21/h5-13,24H,14H2,1-4H3,(H,23,25)/p+1/b22-15-/t21-/m1/s1. The molecule has 1 atom stereocenters. The Morgan fingerprint density at radius 1 is 1.04 bits per heavy atom. The van der Waals surface area contributed by atoms with Crippen LogP contribution in [-0.2, 0) is 16.8 Å². The quantitative estimate of drug-likeness (QED) is 0.656. The van der Waals surface area contributed by atoms with E-state index in [1.54, 1.807) is 0 Å². The molecule has 0 bridgehead atoms. The van der Waals surface area contributed by atoms with Gasteiger partial charge in [0.2, 0.25) is 5.54 Å². The Balaban J connectivity index is 1.88. The summed E-state index contributed by atoms with van der Waals surface area (Å²) < 4.78 is 0. The van der Waals surface area contributed by atoms with Gasteiger partial charge in [-0.1, -0.05) is 54.6 Å². The van der Waals surface area contributed by atoms with E-state index in [-0.39, 0.29) is 11.4 Å². The van der Waals surface area contributed by atoms with Gasteiger partial charge < -0.3 is 5.32 Å². The molecule has 0 saturated heterocycles. The fourth-order valence-corrected chi connectivity index (χ4v) is 3.76. The second-order valence-corrected chi connectivity index (χ2v) is 7.67. The maximum absolute atomic E-state index is 13.1. The number of rotatable bonds is 3. The van der Waals surface area contributed by atoms with Gasteiger partial charge in [0.25, 0.3) is 0 Å². The van der Waals surface area contributed by atoms with Crippen molar-refractivity contribution in [2.24, 2.45) is 5.10 Å². The van der Waals surface area contributed by atoms with E-state index in [0.29, 0.717) is 0 Å². The number of quaternary nitrogens is 1. The van der Waals surface area contributed by atoms with Gasteiger partial charge in [0.05, 0.1) is 11.3 Å². The highest BCUT2D eigenvalue weighted by Crippen LogP contribution is 2.29. The monoisotopic (exact) mass is 336 g/mol. The summed E-state index contributed by atoms with van der Waals surface area (Å²) in [6.45, 7) is 8.23. The Kier molecular flexibility index (Phi) is 4.48. The Labute approximate surface area is 149 Å². The smallest absolute Gasteiger partial charge is 0.305 e. The number of carbonyl (C=O) groups excluding carboxylic acids is 1. The van der Waals surface area contributed by atoms with Crippen molar-refractivity contribution in [2.75, 3.05) is 0 Å². The van der Waals surface area contributed by atoms with E-state index in [2.05, 4.69) is 41.8 Å². The summed E-state index contributed by atoms with van der Waals surface area (Å²) in [7, 11) is 0. The first-order valence-corrected chi connectivity index (χ1v) is 8.67. The molecular formula is C21H26N3O+. The van der Waals surface area contributed by atoms with Gasteiger partial charge in [-0.05, 0) is 31.9 Å². The number of benzene rings is 2. The minimum Gasteiger partial charge on any atom is -0.325 e. The molecule has 130 valence electrons. The predicted octanol–water partition coefficient (Wildman–Crippen LogP) is 2.34. The molecule has 0 aromatic heterocycles. The fraction of sp³-hybridized carbons (Fsp3) is 0.333. The molecule has 0 unspecified atom stereocenters. The third-order valence-electron chi connectivity index (χ3n) is 4.89. The Morgan fingerprint density at radius 3 is 2.40 bits per heavy atom. The van der Waals surface area contributed by atoms with Crippen molar-refractivity contribution in [3.05, 3.63) is 71.3 Å². The minimum absolute atomic E-state index is 0.0430. The van der Waals surface area contributed by atoms with Gasteiger partial charge in [-0.25, -0.2) is 5.43 Å². The highest BCUT2D eigenvalue weighted by Gasteiger charge is 2.49. The van der Waals surface area contributed by atoms with Crippen LogP contribution in [0.3, 0.4) is 0 Å². The Morgan fingerprint density at radius 2 is 1.68 bits per heavy atom. The summed E-state index contributed by atoms with van der Waals surface area (Å²) in [5.41, 5.74) is 6.14. The molecular weight excluding hydrogens is 310 g/mol. The number of hydrogen-bond donors (Lipinski definition) is 2. The van der Waals surface area contributed by atoms with E-state index >= 15 is 0 Å². The van der Waals surface area contributed by atoms with Crippen molar-refractivity contribution >= 4 is 11.6 Å². The normalized spacial score (nSPS) is 22.2. The van der Waals surface area contributed by atoms with E-state index in [4.69, 9.17) is 0 Å². The summed E-state index contributed by atoms with van der Waals surface area (Å²) >= 11 is 0. The Hall–Kier alpha value is -2.46. The zero-order valence-corrected chi connectivity index (χ0v) is 15.3. The van der Waals surface area contributed by atoms with Gasteiger partial charge in [-0.15, -0.1) is 0 Å². The van der Waals surface area contributed by atoms with Crippen LogP contribution in [0, 0.1) is 0 Å². The second kappa shape index (κ2) is 6.45. The molecule has 0 radical (unpaired) electrons. The summed E-state index contributed by atoms with van der Waals surface area (Å²) in [5, 5.41) is 6.49. The first-order chi connectivity index (χ1) is 11.8. The molecule has 0 fully saturated rings. The fourth-order valence-electron chi connectivity index (χ4n) is 3.76. The lowest BCUT2D eigenvalue weighted by Gasteiger charge is -2.40. The van der Waals surface area contributed by atoms with E-state index < -0.39 is 5.54 Å². The van der Waals surface area contributed by atoms with E-state index in [0.717, 1.165) is 23.3 Å². The van der Waals surface area contributed by atoms with Crippen LogP contribution in [0.5, 0.6) is 0 Å². The zero-order valence-electron chi connectivity index (χ0n) is 15.3. The number of nitrogens with two attached hydrogens (primary N) is 1. The van der Waals surface area contributed by atoms with Gasteiger partial charge in [-0.3, -0.25) is 4.79 Å². The number of fused-ring (bicyclic) bond motifs is 1. The van der Waals surface area contributed by atoms with Crippen LogP contribution >= 0.6 is 0 Å². The molecule has 3 N–H and O–H groups in total. The van der Waals surface area contributed by atoms with E-state index in [1.807, 2.05) is 56.3 Å². The van der Waals surface area contributed by atoms with Gasteiger partial charge in [-0.2, -0.15) is 5.10 Å². The van der Waals surface area contributed by atoms with Crippen molar-refractivity contribution in [3.8, 4) is 0 Å². The van der Waals surface area contributed by atoms with Gasteiger partial charge in [0, 0.05) is 18.9 Å². The van der Waals surface area contributed by atoms with E-state index in [9.17, 15) is 4.79 Å². The van der Waals surface area contributed by atoms with Crippen molar-refractivity contribution in [2.45, 2.75) is 45.2 Å². The molecule has 25 heavy (non-hydrogen) atoms. The molecule has 0 spiro atoms. The van der Waals surface area contributed by atoms with Crippen LogP contribution < -0.4 is 10.7 Å². The molecule has 1 aliphatic rings. The van der Waals surface area contributed by atoms with Crippen LogP contribution in [-0.4, -0.2) is 17.2 Å². The van der Waals surface area contributed by atoms with Crippen molar-refractivity contribution in [1.29, 1.82) is 0 Å². The summed E-state index contributed by atoms with van der Waals surface area (Å²) in [6.07, 6.45) is 0.943. The number of hydrazone groups is 1. The number of hydrogen-bond acceptors (Lipinski definition) is 2. The van der Waals surface area contributed by atoms with Gasteiger partial charge >= 0.3 is 5.91 Å². The lowest BCUT2D eigenvalue weighted by Crippen LogP contribution is -3.06. The highest BCUT2D eigenvalue weighted by atomic mass is 16.2. The van der Waals surface area contributed by atoms with Gasteiger partial charge in [0.15, 0.2) is 0 Å². The highest BCUT2D eigenvalue weighted by molar-refractivity contribution is 5.99. The van der Waals surface area contributed by atoms with Crippen LogP contribution in [0.15, 0.2) is 59.7 Å². The van der Waals surface area contributed by atoms with Crippen LogP contribution in [0.25, 0.3) is 0 Å². The third-order valence-corrected chi connectivity index (χ3v) is 4.89. The maximum atomic E-state index is 13.1. The van der Waals surface area contributed by atoms with Crippen LogP contribution in [0.4, 0.5) is 0 Å². The summed E-state index contributed by atoms with van der Waals surface area (Å²) in [6, 6.07) is 18.1. The van der Waals surface area contributed by atoms with Gasteiger partial charge in [0.1, 0.15) is 0 Å². The number of nitrogens with zero attached hydrogens (tertiary/aromatic N) is 1. The van der Waals surface area contributed by atoms with Crippen LogP contribution in [0.2, 0.25) is 0 Å². The molecule has 4 heteroatoms. The lowest BCUT2D eigenvalue weighted by atomic mass is 9.76. The lowest BCUT2D eigenvalue weighted by molar-refractivity contribution is -0.779. The number of nitrogens with one attached hydrogen (secondary N) is 1. The molecule has 4 nitrogen and oxygen atoms in total. The van der Waals surface area contributed by atoms with Crippen molar-refractivity contribution in [3.63, 3.8) is 0 Å². The molecule has 0 aliphatic carbocycles. The first-order valence-electron chi connectivity index (χ1n) is 8.67. The molecule has 2 aromatic carbocycles. The van der Waals surface area contributed by atoms with Crippen molar-refractivity contribution in [1.82, 2.24) is 5.43 Å². The van der Waals surface area contributed by atoms with E-state index in [1.165, 1.54) is 5.56 Å². The molecule has 3 rings (SSSR count). The predicted molar refractivity (Wildman–Crippen MR) is 100 cm³/mol. The Bertz CT molecular complexity index is 811. The largest absolute Gasteiger partial charge is 0.325 e. The molecule has 0 saturated carbocycles. The molecule has 1 heterocycles. The number of amides is 1. The molecule has 2 aromatic rings. The summed E-state index contributed by atoms with van der Waals surface area (Å²) in [4.78, 5) is 13.1. The first kappa shape index (κ1) is 17.4. The minimum atomic E-state index is -0.696. The second-order valence-electron chi connectivity index (χ2n) is 7.67. The topological polar surface area (TPSA) is 58.1 Å².